The van der Waals surface area contributed by atoms with Crippen LogP contribution in [0.15, 0.2) is 11.6 Å². The number of thiazole rings is 1. The molecule has 3 nitrogen and oxygen atoms in total. The number of nitrogens with zero attached hydrogens (tertiary/aromatic N) is 1. The van der Waals surface area contributed by atoms with Crippen LogP contribution in [0, 0.1) is 0 Å². The fourth-order valence-corrected chi connectivity index (χ4v) is 1.17. The summed E-state index contributed by atoms with van der Waals surface area (Å²) in [5.41, 5.74) is 5.31. The number of nitrogens with one attached hydrogen (secondary N) is 1. The molecular formula is C6H11N3S. The maximum absolute atomic E-state index is 5.31. The van der Waals surface area contributed by atoms with Crippen molar-refractivity contribution in [2.24, 2.45) is 5.73 Å². The fourth-order valence-electron chi connectivity index (χ4n) is 0.608. The molecule has 0 aromatic carbocycles. The van der Waals surface area contributed by atoms with E-state index in [1.54, 1.807) is 17.5 Å². The second-order valence-corrected chi connectivity index (χ2v) is 2.80. The predicted octanol–water partition coefficient (Wildman–Crippen LogP) is 0.904. The highest BCUT2D eigenvalue weighted by molar-refractivity contribution is 7.13. The van der Waals surface area contributed by atoms with Gasteiger partial charge in [-0.3, -0.25) is 0 Å². The molecule has 0 bridgehead atoms. The average molecular weight is 157 g/mol. The van der Waals surface area contributed by atoms with E-state index in [4.69, 9.17) is 5.73 Å². The summed E-state index contributed by atoms with van der Waals surface area (Å²) in [6.07, 6.45) is 2.79. The zero-order chi connectivity index (χ0) is 7.23. The quantitative estimate of drug-likeness (QED) is 0.638. The summed E-state index contributed by atoms with van der Waals surface area (Å²) in [5.74, 6) is 0. The number of rotatable bonds is 4. The van der Waals surface area contributed by atoms with Crippen molar-refractivity contribution in [2.75, 3.05) is 18.4 Å². The van der Waals surface area contributed by atoms with E-state index in [1.165, 1.54) is 0 Å². The molecule has 0 aliphatic carbocycles. The van der Waals surface area contributed by atoms with Gasteiger partial charge in [-0.2, -0.15) is 0 Å². The Labute approximate surface area is 64.3 Å². The maximum Gasteiger partial charge on any atom is 0.182 e. The second kappa shape index (κ2) is 4.24. The van der Waals surface area contributed by atoms with Gasteiger partial charge in [-0.25, -0.2) is 4.98 Å². The molecule has 1 aromatic heterocycles. The summed E-state index contributed by atoms with van der Waals surface area (Å²) < 4.78 is 0. The minimum Gasteiger partial charge on any atom is -0.361 e. The largest absolute Gasteiger partial charge is 0.361 e. The van der Waals surface area contributed by atoms with Crippen molar-refractivity contribution in [3.8, 4) is 0 Å². The lowest BCUT2D eigenvalue weighted by Crippen LogP contribution is -2.07. The average Bonchev–Trinajstić information content (AvgIpc) is 2.41. The van der Waals surface area contributed by atoms with Gasteiger partial charge in [-0.1, -0.05) is 0 Å². The van der Waals surface area contributed by atoms with Gasteiger partial charge in [-0.05, 0) is 13.0 Å². The van der Waals surface area contributed by atoms with Crippen LogP contribution in [0.4, 0.5) is 5.13 Å². The van der Waals surface area contributed by atoms with Crippen LogP contribution in [-0.4, -0.2) is 18.1 Å². The minimum absolute atomic E-state index is 0.734. The molecule has 0 fully saturated rings. The Kier molecular flexibility index (Phi) is 3.18. The third kappa shape index (κ3) is 2.33. The number of hydrogen-bond acceptors (Lipinski definition) is 4. The van der Waals surface area contributed by atoms with Gasteiger partial charge in [0.05, 0.1) is 0 Å². The molecule has 1 heterocycles. The van der Waals surface area contributed by atoms with E-state index >= 15 is 0 Å². The van der Waals surface area contributed by atoms with Crippen LogP contribution in [0.2, 0.25) is 0 Å². The first kappa shape index (κ1) is 7.50. The molecule has 0 aliphatic heterocycles. The molecule has 56 valence electrons. The van der Waals surface area contributed by atoms with Crippen molar-refractivity contribution in [2.45, 2.75) is 6.42 Å². The Morgan fingerprint density at radius 1 is 1.70 bits per heavy atom. The molecule has 1 rings (SSSR count). The Bertz CT molecular complexity index is 162. The first-order valence-corrected chi connectivity index (χ1v) is 4.15. The van der Waals surface area contributed by atoms with Gasteiger partial charge in [0.25, 0.3) is 0 Å². The van der Waals surface area contributed by atoms with Gasteiger partial charge >= 0.3 is 0 Å². The monoisotopic (exact) mass is 157 g/mol. The molecule has 0 spiro atoms. The van der Waals surface area contributed by atoms with Crippen molar-refractivity contribution in [1.82, 2.24) is 4.98 Å². The van der Waals surface area contributed by atoms with Gasteiger partial charge < -0.3 is 11.1 Å². The fraction of sp³-hybridized carbons (Fsp3) is 0.500. The van der Waals surface area contributed by atoms with Crippen molar-refractivity contribution in [3.63, 3.8) is 0 Å². The first-order valence-electron chi connectivity index (χ1n) is 3.27. The molecule has 0 saturated carbocycles. The summed E-state index contributed by atoms with van der Waals surface area (Å²) in [5, 5.41) is 6.08. The molecule has 0 unspecified atom stereocenters. The maximum atomic E-state index is 5.31. The van der Waals surface area contributed by atoms with Crippen LogP contribution in [0.25, 0.3) is 0 Å². The topological polar surface area (TPSA) is 50.9 Å². The molecule has 3 N–H and O–H groups in total. The van der Waals surface area contributed by atoms with E-state index < -0.39 is 0 Å². The van der Waals surface area contributed by atoms with Gasteiger partial charge in [0.15, 0.2) is 5.13 Å². The Balaban J connectivity index is 2.15. The molecule has 0 amide bonds. The molecule has 0 aliphatic rings. The zero-order valence-corrected chi connectivity index (χ0v) is 6.53. The van der Waals surface area contributed by atoms with E-state index in [-0.39, 0.29) is 0 Å². The lowest BCUT2D eigenvalue weighted by molar-refractivity contribution is 0.873. The molecule has 0 radical (unpaired) electrons. The summed E-state index contributed by atoms with van der Waals surface area (Å²) in [4.78, 5) is 4.05. The summed E-state index contributed by atoms with van der Waals surface area (Å²) in [7, 11) is 0. The molecule has 4 heteroatoms. The van der Waals surface area contributed by atoms with Crippen LogP contribution < -0.4 is 11.1 Å². The highest BCUT2D eigenvalue weighted by Gasteiger charge is 1.90. The number of anilines is 1. The standard InChI is InChI=1S/C6H11N3S/c7-2-1-3-8-6-9-4-5-10-6/h4-5H,1-3,7H2,(H,8,9). The highest BCUT2D eigenvalue weighted by Crippen LogP contribution is 2.09. The lowest BCUT2D eigenvalue weighted by Gasteiger charge is -1.98. The third-order valence-electron chi connectivity index (χ3n) is 1.09. The van der Waals surface area contributed by atoms with E-state index in [2.05, 4.69) is 10.3 Å². The molecule has 0 saturated heterocycles. The van der Waals surface area contributed by atoms with Gasteiger partial charge in [-0.15, -0.1) is 11.3 Å². The van der Waals surface area contributed by atoms with Crippen molar-refractivity contribution >= 4 is 16.5 Å². The summed E-state index contributed by atoms with van der Waals surface area (Å²) in [6, 6.07) is 0. The number of nitrogens with two attached hydrogens (primary N) is 1. The van der Waals surface area contributed by atoms with Crippen molar-refractivity contribution in [1.29, 1.82) is 0 Å². The molecule has 0 atom stereocenters. The van der Waals surface area contributed by atoms with Gasteiger partial charge in [0.2, 0.25) is 0 Å². The van der Waals surface area contributed by atoms with E-state index in [0.29, 0.717) is 0 Å². The third-order valence-corrected chi connectivity index (χ3v) is 1.82. The second-order valence-electron chi connectivity index (χ2n) is 1.91. The summed E-state index contributed by atoms with van der Waals surface area (Å²) >= 11 is 1.61. The van der Waals surface area contributed by atoms with Crippen LogP contribution in [0.1, 0.15) is 6.42 Å². The summed E-state index contributed by atoms with van der Waals surface area (Å²) in [6.45, 7) is 1.66. The number of aromatic nitrogens is 1. The van der Waals surface area contributed by atoms with Crippen LogP contribution in [0.5, 0.6) is 0 Å². The van der Waals surface area contributed by atoms with Crippen LogP contribution in [0.3, 0.4) is 0 Å². The minimum atomic E-state index is 0.734. The van der Waals surface area contributed by atoms with E-state index in [9.17, 15) is 0 Å². The normalized spacial score (nSPS) is 9.70. The van der Waals surface area contributed by atoms with Gasteiger partial charge in [0, 0.05) is 18.1 Å². The predicted molar refractivity (Wildman–Crippen MR) is 44.3 cm³/mol. The number of hydrogen-bond donors (Lipinski definition) is 2. The highest BCUT2D eigenvalue weighted by atomic mass is 32.1. The van der Waals surface area contributed by atoms with Gasteiger partial charge in [0.1, 0.15) is 0 Å². The van der Waals surface area contributed by atoms with Crippen molar-refractivity contribution in [3.05, 3.63) is 11.6 Å². The molecule has 10 heavy (non-hydrogen) atoms. The smallest absolute Gasteiger partial charge is 0.182 e. The first-order chi connectivity index (χ1) is 4.93. The Morgan fingerprint density at radius 3 is 3.20 bits per heavy atom. The zero-order valence-electron chi connectivity index (χ0n) is 5.71. The molecular weight excluding hydrogens is 146 g/mol. The van der Waals surface area contributed by atoms with Crippen molar-refractivity contribution < 1.29 is 0 Å². The molecule has 1 aromatic rings. The Hall–Kier alpha value is -0.610. The van der Waals surface area contributed by atoms with E-state index in [0.717, 1.165) is 24.6 Å². The Morgan fingerprint density at radius 2 is 2.60 bits per heavy atom. The van der Waals surface area contributed by atoms with Crippen LogP contribution in [-0.2, 0) is 0 Å². The van der Waals surface area contributed by atoms with E-state index in [1.807, 2.05) is 5.38 Å². The van der Waals surface area contributed by atoms with Crippen LogP contribution >= 0.6 is 11.3 Å². The SMILES string of the molecule is NCCCNc1nccs1. The lowest BCUT2D eigenvalue weighted by atomic mass is 10.4.